The van der Waals surface area contributed by atoms with E-state index in [1.807, 2.05) is 18.2 Å². The summed E-state index contributed by atoms with van der Waals surface area (Å²) in [5.41, 5.74) is 2.18. The first-order chi connectivity index (χ1) is 12.7. The molecule has 2 aromatic carbocycles. The summed E-state index contributed by atoms with van der Waals surface area (Å²) in [5, 5.41) is 5.91. The molecular formula is C21H20FN3O. The average Bonchev–Trinajstić information content (AvgIpc) is 2.66. The van der Waals surface area contributed by atoms with Crippen LogP contribution in [0.3, 0.4) is 0 Å². The number of carbonyl (C=O) groups is 1. The van der Waals surface area contributed by atoms with Crippen molar-refractivity contribution in [3.63, 3.8) is 0 Å². The minimum absolute atomic E-state index is 0.301. The molecule has 0 bridgehead atoms. The quantitative estimate of drug-likeness (QED) is 0.617. The molecule has 0 radical (unpaired) electrons. The van der Waals surface area contributed by atoms with E-state index >= 15 is 0 Å². The lowest BCUT2D eigenvalue weighted by atomic mass is 10.1. The zero-order chi connectivity index (χ0) is 18.2. The van der Waals surface area contributed by atoms with E-state index in [9.17, 15) is 9.18 Å². The molecule has 0 saturated carbocycles. The molecule has 0 spiro atoms. The molecule has 0 fully saturated rings. The molecule has 0 aliphatic heterocycles. The van der Waals surface area contributed by atoms with Gasteiger partial charge in [0.15, 0.2) is 0 Å². The van der Waals surface area contributed by atoms with Crippen LogP contribution in [-0.2, 0) is 6.42 Å². The van der Waals surface area contributed by atoms with Crippen molar-refractivity contribution in [1.82, 2.24) is 4.98 Å². The van der Waals surface area contributed by atoms with E-state index in [-0.39, 0.29) is 5.91 Å². The maximum atomic E-state index is 13.2. The number of benzene rings is 2. The van der Waals surface area contributed by atoms with Gasteiger partial charge in [-0.2, -0.15) is 0 Å². The number of aromatic nitrogens is 1. The van der Waals surface area contributed by atoms with Gasteiger partial charge in [0, 0.05) is 24.0 Å². The number of hydrogen-bond donors (Lipinski definition) is 2. The molecule has 1 amide bonds. The lowest BCUT2D eigenvalue weighted by molar-refractivity contribution is 0.102. The molecule has 0 saturated heterocycles. The van der Waals surface area contributed by atoms with Crippen molar-refractivity contribution in [2.45, 2.75) is 12.8 Å². The zero-order valence-electron chi connectivity index (χ0n) is 14.3. The third-order valence-electron chi connectivity index (χ3n) is 3.90. The van der Waals surface area contributed by atoms with Crippen LogP contribution in [0.15, 0.2) is 72.9 Å². The van der Waals surface area contributed by atoms with Gasteiger partial charge in [0.2, 0.25) is 0 Å². The molecule has 5 heteroatoms. The van der Waals surface area contributed by atoms with Gasteiger partial charge in [-0.1, -0.05) is 36.4 Å². The Morgan fingerprint density at radius 1 is 1.00 bits per heavy atom. The van der Waals surface area contributed by atoms with Crippen molar-refractivity contribution in [3.8, 4) is 0 Å². The Balaban J connectivity index is 1.53. The molecule has 2 N–H and O–H groups in total. The van der Waals surface area contributed by atoms with E-state index in [2.05, 4.69) is 27.8 Å². The Bertz CT molecular complexity index is 868. The maximum absolute atomic E-state index is 13.2. The van der Waals surface area contributed by atoms with E-state index < -0.39 is 5.82 Å². The van der Waals surface area contributed by atoms with Crippen LogP contribution in [-0.4, -0.2) is 17.4 Å². The highest BCUT2D eigenvalue weighted by Gasteiger charge is 2.08. The molecule has 3 aromatic rings. The average molecular weight is 349 g/mol. The third kappa shape index (κ3) is 5.14. The largest absolute Gasteiger partial charge is 0.370 e. The van der Waals surface area contributed by atoms with Crippen molar-refractivity contribution >= 4 is 17.4 Å². The molecule has 1 aromatic heterocycles. The van der Waals surface area contributed by atoms with E-state index in [4.69, 9.17) is 0 Å². The number of amides is 1. The van der Waals surface area contributed by atoms with Crippen LogP contribution in [0.2, 0.25) is 0 Å². The summed E-state index contributed by atoms with van der Waals surface area (Å²) in [6.07, 6.45) is 3.53. The minimum Gasteiger partial charge on any atom is -0.370 e. The topological polar surface area (TPSA) is 54.0 Å². The Labute approximate surface area is 152 Å². The van der Waals surface area contributed by atoms with Crippen molar-refractivity contribution in [1.29, 1.82) is 0 Å². The zero-order valence-corrected chi connectivity index (χ0v) is 14.3. The second-order valence-corrected chi connectivity index (χ2v) is 5.91. The van der Waals surface area contributed by atoms with Gasteiger partial charge in [0.25, 0.3) is 5.91 Å². The molecule has 0 aliphatic carbocycles. The van der Waals surface area contributed by atoms with Crippen LogP contribution in [0.4, 0.5) is 15.9 Å². The Kier molecular flexibility index (Phi) is 5.93. The number of halogens is 1. The molecule has 3 rings (SSSR count). The van der Waals surface area contributed by atoms with E-state index in [0.29, 0.717) is 17.1 Å². The number of pyridine rings is 1. The van der Waals surface area contributed by atoms with Gasteiger partial charge in [-0.15, -0.1) is 0 Å². The number of nitrogens with zero attached hydrogens (tertiary/aromatic N) is 1. The first-order valence-corrected chi connectivity index (χ1v) is 8.51. The SMILES string of the molecule is O=C(Nc1cccc(F)c1)c1ccnc(NCCCc2ccccc2)c1. The second kappa shape index (κ2) is 8.76. The predicted octanol–water partition coefficient (Wildman–Crippen LogP) is 4.52. The molecular weight excluding hydrogens is 329 g/mol. The normalized spacial score (nSPS) is 10.3. The van der Waals surface area contributed by atoms with Crippen molar-refractivity contribution < 1.29 is 9.18 Å². The van der Waals surface area contributed by atoms with Gasteiger partial charge in [0.1, 0.15) is 11.6 Å². The number of aryl methyl sites for hydroxylation is 1. The van der Waals surface area contributed by atoms with Crippen molar-refractivity contribution in [2.24, 2.45) is 0 Å². The first kappa shape index (κ1) is 17.6. The molecule has 0 atom stereocenters. The summed E-state index contributed by atoms with van der Waals surface area (Å²) in [6.45, 7) is 0.761. The number of nitrogens with one attached hydrogen (secondary N) is 2. The van der Waals surface area contributed by atoms with Gasteiger partial charge in [-0.05, 0) is 48.7 Å². The van der Waals surface area contributed by atoms with Crippen LogP contribution >= 0.6 is 0 Å². The summed E-state index contributed by atoms with van der Waals surface area (Å²) in [5.74, 6) is -0.0476. The van der Waals surface area contributed by atoms with Gasteiger partial charge >= 0.3 is 0 Å². The molecule has 26 heavy (non-hydrogen) atoms. The minimum atomic E-state index is -0.390. The Morgan fingerprint density at radius 3 is 2.65 bits per heavy atom. The molecule has 132 valence electrons. The lowest BCUT2D eigenvalue weighted by Crippen LogP contribution is -2.13. The number of rotatable bonds is 7. The van der Waals surface area contributed by atoms with E-state index in [0.717, 1.165) is 19.4 Å². The molecule has 1 heterocycles. The smallest absolute Gasteiger partial charge is 0.255 e. The predicted molar refractivity (Wildman–Crippen MR) is 102 cm³/mol. The van der Waals surface area contributed by atoms with Crippen LogP contribution in [0.25, 0.3) is 0 Å². The van der Waals surface area contributed by atoms with Crippen molar-refractivity contribution in [2.75, 3.05) is 17.2 Å². The fourth-order valence-corrected chi connectivity index (χ4v) is 2.59. The van der Waals surface area contributed by atoms with E-state index in [1.165, 1.54) is 17.7 Å². The Hall–Kier alpha value is -3.21. The van der Waals surface area contributed by atoms with Gasteiger partial charge in [-0.25, -0.2) is 9.37 Å². The fraction of sp³-hybridized carbons (Fsp3) is 0.143. The van der Waals surface area contributed by atoms with Crippen LogP contribution in [0, 0.1) is 5.82 Å². The highest BCUT2D eigenvalue weighted by Crippen LogP contribution is 2.13. The maximum Gasteiger partial charge on any atom is 0.255 e. The van der Waals surface area contributed by atoms with Crippen LogP contribution in [0.1, 0.15) is 22.3 Å². The number of carbonyl (C=O) groups excluding carboxylic acids is 1. The van der Waals surface area contributed by atoms with Gasteiger partial charge < -0.3 is 10.6 Å². The van der Waals surface area contributed by atoms with Crippen LogP contribution < -0.4 is 10.6 Å². The summed E-state index contributed by atoms with van der Waals surface area (Å²) in [4.78, 5) is 16.5. The van der Waals surface area contributed by atoms with Crippen LogP contribution in [0.5, 0.6) is 0 Å². The first-order valence-electron chi connectivity index (χ1n) is 8.51. The summed E-state index contributed by atoms with van der Waals surface area (Å²) in [6, 6.07) is 19.4. The van der Waals surface area contributed by atoms with Gasteiger partial charge in [-0.3, -0.25) is 4.79 Å². The van der Waals surface area contributed by atoms with Gasteiger partial charge in [0.05, 0.1) is 0 Å². The fourth-order valence-electron chi connectivity index (χ4n) is 2.59. The highest BCUT2D eigenvalue weighted by molar-refractivity contribution is 6.04. The standard InChI is InChI=1S/C21H20FN3O/c22-18-9-4-10-19(15-18)25-21(26)17-11-13-24-20(14-17)23-12-5-8-16-6-2-1-3-7-16/h1-4,6-7,9-11,13-15H,5,8,12H2,(H,23,24)(H,25,26). The molecule has 0 unspecified atom stereocenters. The molecule has 0 aliphatic rings. The Morgan fingerprint density at radius 2 is 1.85 bits per heavy atom. The van der Waals surface area contributed by atoms with E-state index in [1.54, 1.807) is 30.5 Å². The summed E-state index contributed by atoms with van der Waals surface area (Å²) < 4.78 is 13.2. The lowest BCUT2D eigenvalue weighted by Gasteiger charge is -2.08. The monoisotopic (exact) mass is 349 g/mol. The highest BCUT2D eigenvalue weighted by atomic mass is 19.1. The van der Waals surface area contributed by atoms with Crippen molar-refractivity contribution in [3.05, 3.63) is 89.9 Å². The number of hydrogen-bond acceptors (Lipinski definition) is 3. The summed E-state index contributed by atoms with van der Waals surface area (Å²) in [7, 11) is 0. The molecule has 4 nitrogen and oxygen atoms in total. The number of anilines is 2. The second-order valence-electron chi connectivity index (χ2n) is 5.91. The third-order valence-corrected chi connectivity index (χ3v) is 3.90. The summed E-state index contributed by atoms with van der Waals surface area (Å²) >= 11 is 0.